The van der Waals surface area contributed by atoms with Crippen LogP contribution in [0.5, 0.6) is 5.75 Å². The molecule has 168 valence electrons. The molecule has 0 saturated carbocycles. The van der Waals surface area contributed by atoms with Crippen LogP contribution in [0.4, 0.5) is 13.6 Å². The second kappa shape index (κ2) is 9.62. The van der Waals surface area contributed by atoms with E-state index in [1.54, 1.807) is 6.92 Å². The second-order valence-corrected chi connectivity index (χ2v) is 9.18. The van der Waals surface area contributed by atoms with Crippen molar-refractivity contribution >= 4 is 27.5 Å². The van der Waals surface area contributed by atoms with Crippen molar-refractivity contribution in [3.63, 3.8) is 0 Å². The molecule has 0 fully saturated rings. The lowest BCUT2D eigenvalue weighted by Crippen LogP contribution is -2.29. The van der Waals surface area contributed by atoms with Crippen LogP contribution in [0.1, 0.15) is 18.2 Å². The van der Waals surface area contributed by atoms with Crippen LogP contribution in [-0.2, 0) is 16.3 Å². The van der Waals surface area contributed by atoms with Gasteiger partial charge in [-0.2, -0.15) is 0 Å². The number of pyridine rings is 1. The molecule has 32 heavy (non-hydrogen) atoms. The normalized spacial score (nSPS) is 11.3. The van der Waals surface area contributed by atoms with E-state index in [0.29, 0.717) is 11.6 Å². The molecule has 0 aliphatic carbocycles. The summed E-state index contributed by atoms with van der Waals surface area (Å²) < 4.78 is 59.2. The average molecular weight is 481 g/mol. The van der Waals surface area contributed by atoms with Gasteiger partial charge >= 0.3 is 6.09 Å². The molecule has 1 amide bonds. The van der Waals surface area contributed by atoms with Gasteiger partial charge in [0.1, 0.15) is 11.6 Å². The van der Waals surface area contributed by atoms with E-state index < -0.39 is 27.6 Å². The Morgan fingerprint density at radius 3 is 2.44 bits per heavy atom. The van der Waals surface area contributed by atoms with E-state index in [-0.39, 0.29) is 33.3 Å². The monoisotopic (exact) mass is 480 g/mol. The van der Waals surface area contributed by atoms with E-state index in [1.807, 2.05) is 0 Å². The number of hydrogen-bond acceptors (Lipinski definition) is 5. The molecule has 6 nitrogen and oxygen atoms in total. The van der Waals surface area contributed by atoms with Crippen LogP contribution in [0.2, 0.25) is 5.02 Å². The fraction of sp³-hybridized carbons (Fsp3) is 0.182. The van der Waals surface area contributed by atoms with Crippen molar-refractivity contribution in [1.29, 1.82) is 0 Å². The smallest absolute Gasteiger partial charge is 0.408 e. The molecule has 0 radical (unpaired) electrons. The Morgan fingerprint density at radius 1 is 1.09 bits per heavy atom. The highest BCUT2D eigenvalue weighted by atomic mass is 35.5. The van der Waals surface area contributed by atoms with Gasteiger partial charge in [0.05, 0.1) is 10.6 Å². The molecule has 10 heteroatoms. The molecule has 0 aliphatic rings. The number of amides is 1. The SMILES string of the molecule is CCN(C)C(=O)Oc1ccc(S(=O)(=O)c2ccc(Cl)cc2)nc1Cc1cc(F)ccc1F. The molecule has 3 aromatic rings. The number of aromatic nitrogens is 1. The van der Waals surface area contributed by atoms with E-state index in [1.165, 1.54) is 48.3 Å². The van der Waals surface area contributed by atoms with Crippen molar-refractivity contribution in [3.8, 4) is 5.75 Å². The third kappa shape index (κ3) is 5.23. The van der Waals surface area contributed by atoms with Gasteiger partial charge in [0.25, 0.3) is 0 Å². The van der Waals surface area contributed by atoms with Crippen molar-refractivity contribution in [2.24, 2.45) is 0 Å². The third-order valence-corrected chi connectivity index (χ3v) is 6.58. The van der Waals surface area contributed by atoms with Gasteiger partial charge in [-0.3, -0.25) is 0 Å². The topological polar surface area (TPSA) is 76.6 Å². The van der Waals surface area contributed by atoms with Gasteiger partial charge in [-0.15, -0.1) is 0 Å². The first-order valence-corrected chi connectivity index (χ1v) is 11.4. The molecule has 1 heterocycles. The van der Waals surface area contributed by atoms with E-state index in [4.69, 9.17) is 16.3 Å². The highest BCUT2D eigenvalue weighted by Gasteiger charge is 2.23. The van der Waals surface area contributed by atoms with E-state index in [0.717, 1.165) is 18.2 Å². The summed E-state index contributed by atoms with van der Waals surface area (Å²) in [5, 5.41) is 0.0248. The minimum Gasteiger partial charge on any atom is -0.408 e. The van der Waals surface area contributed by atoms with Gasteiger partial charge in [0.15, 0.2) is 10.8 Å². The van der Waals surface area contributed by atoms with E-state index >= 15 is 0 Å². The second-order valence-electron chi connectivity index (χ2n) is 6.85. The maximum atomic E-state index is 14.2. The molecule has 0 aliphatic heterocycles. The van der Waals surface area contributed by atoms with Gasteiger partial charge in [0, 0.05) is 25.0 Å². The van der Waals surface area contributed by atoms with Gasteiger partial charge in [-0.25, -0.2) is 27.0 Å². The summed E-state index contributed by atoms with van der Waals surface area (Å²) in [6.07, 6.45) is -1.00. The number of benzene rings is 2. The number of nitrogens with zero attached hydrogens (tertiary/aromatic N) is 2. The summed E-state index contributed by atoms with van der Waals surface area (Å²) in [6, 6.07) is 10.8. The van der Waals surface area contributed by atoms with Crippen LogP contribution < -0.4 is 4.74 Å². The zero-order valence-corrected chi connectivity index (χ0v) is 18.8. The summed E-state index contributed by atoms with van der Waals surface area (Å²) in [7, 11) is -2.53. The summed E-state index contributed by atoms with van der Waals surface area (Å²) in [5.74, 6) is -1.44. The average Bonchev–Trinajstić information content (AvgIpc) is 2.77. The van der Waals surface area contributed by atoms with Crippen LogP contribution >= 0.6 is 11.6 Å². The number of sulfone groups is 1. The van der Waals surface area contributed by atoms with Crippen LogP contribution in [0.25, 0.3) is 0 Å². The maximum Gasteiger partial charge on any atom is 0.415 e. The summed E-state index contributed by atoms with van der Waals surface area (Å²) in [6.45, 7) is 2.10. The van der Waals surface area contributed by atoms with Crippen molar-refractivity contribution in [2.75, 3.05) is 13.6 Å². The van der Waals surface area contributed by atoms with Crippen LogP contribution in [-0.4, -0.2) is 38.0 Å². The maximum absolute atomic E-state index is 14.2. The van der Waals surface area contributed by atoms with Crippen molar-refractivity contribution in [2.45, 2.75) is 23.3 Å². The zero-order valence-electron chi connectivity index (χ0n) is 17.2. The Morgan fingerprint density at radius 2 is 1.78 bits per heavy atom. The number of hydrogen-bond donors (Lipinski definition) is 0. The first-order chi connectivity index (χ1) is 15.1. The minimum absolute atomic E-state index is 0.0395. The standard InChI is InChI=1S/C22H19ClF2N2O4S/c1-3-27(2)22(28)31-20-10-11-21(32(29,30)17-7-4-15(23)5-8-17)26-19(20)13-14-12-16(24)6-9-18(14)25/h4-12H,3,13H2,1-2H3. The van der Waals surface area contributed by atoms with Crippen molar-refractivity contribution in [3.05, 3.63) is 82.5 Å². The minimum atomic E-state index is -4.04. The molecular weight excluding hydrogens is 462 g/mol. The molecule has 0 spiro atoms. The lowest BCUT2D eigenvalue weighted by molar-refractivity contribution is 0.164. The van der Waals surface area contributed by atoms with Gasteiger partial charge in [0.2, 0.25) is 9.84 Å². The Hall–Kier alpha value is -3.04. The molecule has 0 unspecified atom stereocenters. The number of halogens is 3. The molecule has 3 rings (SSSR count). The highest BCUT2D eigenvalue weighted by molar-refractivity contribution is 7.91. The summed E-state index contributed by atoms with van der Waals surface area (Å²) in [5.41, 5.74) is -0.109. The van der Waals surface area contributed by atoms with E-state index in [9.17, 15) is 22.0 Å². The zero-order chi connectivity index (χ0) is 23.5. The lowest BCUT2D eigenvalue weighted by Gasteiger charge is -2.17. The Bertz CT molecular complexity index is 1250. The van der Waals surface area contributed by atoms with Crippen molar-refractivity contribution < 1.29 is 26.7 Å². The summed E-state index contributed by atoms with van der Waals surface area (Å²) in [4.78, 5) is 17.6. The lowest BCUT2D eigenvalue weighted by atomic mass is 10.1. The van der Waals surface area contributed by atoms with E-state index in [2.05, 4.69) is 4.98 Å². The van der Waals surface area contributed by atoms with Crippen LogP contribution in [0, 0.1) is 11.6 Å². The van der Waals surface area contributed by atoms with Crippen LogP contribution in [0.15, 0.2) is 64.5 Å². The quantitative estimate of drug-likeness (QED) is 0.502. The number of carbonyl (C=O) groups is 1. The Labute approximate surface area is 189 Å². The summed E-state index contributed by atoms with van der Waals surface area (Å²) >= 11 is 5.83. The van der Waals surface area contributed by atoms with Crippen molar-refractivity contribution in [1.82, 2.24) is 9.88 Å². The Balaban J connectivity index is 2.08. The van der Waals surface area contributed by atoms with Gasteiger partial charge in [-0.1, -0.05) is 11.6 Å². The fourth-order valence-corrected chi connectivity index (χ4v) is 4.07. The molecule has 2 aromatic carbocycles. The molecule has 0 saturated heterocycles. The van der Waals surface area contributed by atoms with Gasteiger partial charge in [-0.05, 0) is 67.1 Å². The predicted octanol–water partition coefficient (Wildman–Crippen LogP) is 4.89. The third-order valence-electron chi connectivity index (χ3n) is 4.66. The van der Waals surface area contributed by atoms with Crippen LogP contribution in [0.3, 0.4) is 0 Å². The Kier molecular flexibility index (Phi) is 7.10. The fourth-order valence-electron chi connectivity index (χ4n) is 2.73. The predicted molar refractivity (Wildman–Crippen MR) is 115 cm³/mol. The first-order valence-electron chi connectivity index (χ1n) is 9.49. The van der Waals surface area contributed by atoms with Gasteiger partial charge < -0.3 is 9.64 Å². The largest absolute Gasteiger partial charge is 0.415 e. The number of ether oxygens (including phenoxy) is 1. The molecule has 1 aromatic heterocycles. The molecular formula is C22H19ClF2N2O4S. The molecule has 0 bridgehead atoms. The number of rotatable bonds is 6. The molecule has 0 atom stereocenters. The first kappa shape index (κ1) is 23.6. The highest BCUT2D eigenvalue weighted by Crippen LogP contribution is 2.27. The number of carbonyl (C=O) groups excluding carboxylic acids is 1. The molecule has 0 N–H and O–H groups in total.